The molecule has 0 aliphatic carbocycles. The van der Waals surface area contributed by atoms with Gasteiger partial charge in [-0.1, -0.05) is 0 Å². The zero-order valence-corrected chi connectivity index (χ0v) is 25.9. The Morgan fingerprint density at radius 3 is 2.17 bits per heavy atom. The highest BCUT2D eigenvalue weighted by Crippen LogP contribution is 2.44. The van der Waals surface area contributed by atoms with Gasteiger partial charge in [-0.15, -0.1) is 0 Å². The molecule has 1 aromatic heterocycles. The number of carbonyl (C=O) groups is 1. The predicted molar refractivity (Wildman–Crippen MR) is 163 cm³/mol. The fourth-order valence-corrected chi connectivity index (χ4v) is 5.13. The minimum absolute atomic E-state index is 0.00675. The van der Waals surface area contributed by atoms with Crippen molar-refractivity contribution >= 4 is 16.9 Å². The number of carbonyl (C=O) groups excluding carboxylic acids is 1. The number of aliphatic hydroxyl groups excluding tert-OH is 3. The van der Waals surface area contributed by atoms with Crippen LogP contribution in [0.2, 0.25) is 0 Å². The molecule has 6 N–H and O–H groups in total. The number of aromatic hydroxyl groups is 3. The van der Waals surface area contributed by atoms with Crippen LogP contribution in [-0.4, -0.2) is 102 Å². The summed E-state index contributed by atoms with van der Waals surface area (Å²) < 4.78 is 42.9. The van der Waals surface area contributed by atoms with Gasteiger partial charge < -0.3 is 68.2 Å². The van der Waals surface area contributed by atoms with E-state index in [2.05, 4.69) is 0 Å². The summed E-state index contributed by atoms with van der Waals surface area (Å²) in [6, 6.07) is 7.59. The fraction of sp³-hybridized carbons (Fsp3) is 0.312. The molecule has 2 heterocycles. The van der Waals surface area contributed by atoms with E-state index < -0.39 is 54.5 Å². The summed E-state index contributed by atoms with van der Waals surface area (Å²) in [5.74, 6) is -2.57. The molecular formula is C32H32O16. The van der Waals surface area contributed by atoms with Crippen molar-refractivity contribution in [2.75, 3.05) is 35.0 Å². The Bertz CT molecular complexity index is 1880. The van der Waals surface area contributed by atoms with Gasteiger partial charge in [-0.3, -0.25) is 4.79 Å². The molecule has 1 fully saturated rings. The average Bonchev–Trinajstić information content (AvgIpc) is 3.07. The van der Waals surface area contributed by atoms with Gasteiger partial charge >= 0.3 is 5.97 Å². The van der Waals surface area contributed by atoms with Crippen molar-refractivity contribution in [1.29, 1.82) is 0 Å². The van der Waals surface area contributed by atoms with E-state index in [1.165, 1.54) is 64.8 Å². The number of ether oxygens (including phenoxy) is 7. The Morgan fingerprint density at radius 1 is 0.792 bits per heavy atom. The summed E-state index contributed by atoms with van der Waals surface area (Å²) in [6.07, 6.45) is -7.44. The summed E-state index contributed by atoms with van der Waals surface area (Å²) in [5, 5.41) is 62.7. The van der Waals surface area contributed by atoms with Crippen molar-refractivity contribution in [2.24, 2.45) is 0 Å². The number of fused-ring (bicyclic) bond motifs is 1. The van der Waals surface area contributed by atoms with Crippen LogP contribution in [0.25, 0.3) is 22.1 Å². The molecule has 3 aromatic carbocycles. The molecule has 5 rings (SSSR count). The van der Waals surface area contributed by atoms with Gasteiger partial charge in [-0.2, -0.15) is 0 Å². The van der Waals surface area contributed by atoms with E-state index in [-0.39, 0.29) is 67.9 Å². The van der Waals surface area contributed by atoms with Crippen LogP contribution in [0.4, 0.5) is 0 Å². The monoisotopic (exact) mass is 672 g/mol. The molecule has 48 heavy (non-hydrogen) atoms. The summed E-state index contributed by atoms with van der Waals surface area (Å²) in [5.41, 5.74) is -0.765. The second-order valence-corrected chi connectivity index (χ2v) is 10.5. The van der Waals surface area contributed by atoms with Crippen LogP contribution in [0.3, 0.4) is 0 Å². The van der Waals surface area contributed by atoms with Crippen LogP contribution < -0.4 is 29.1 Å². The molecule has 4 aromatic rings. The molecule has 5 atom stereocenters. The molecule has 0 unspecified atom stereocenters. The van der Waals surface area contributed by atoms with Gasteiger partial charge in [0.15, 0.2) is 34.5 Å². The standard InChI is InChI=1S/C32H32O16/c1-41-18-8-13(5-6-16(18)33)31(40)46-12-22-25(36)27(38)28(39)32(48-22)47-21-10-19-23(26(37)30(21)44-4)24(35)15(11-45-19)14-7-17(34)29(43-3)20(9-14)42-2/h5-11,22,25,27-28,32-34,36-39H,12H2,1-4H3/t22-,25+,27-,28+,32-/m0/s1. The van der Waals surface area contributed by atoms with Crippen molar-refractivity contribution in [3.8, 4) is 57.1 Å². The molecule has 1 aliphatic rings. The van der Waals surface area contributed by atoms with E-state index in [0.29, 0.717) is 0 Å². The molecule has 256 valence electrons. The smallest absolute Gasteiger partial charge is 0.338 e. The van der Waals surface area contributed by atoms with Crippen molar-refractivity contribution in [3.63, 3.8) is 0 Å². The number of methoxy groups -OCH3 is 4. The van der Waals surface area contributed by atoms with Gasteiger partial charge in [0, 0.05) is 6.07 Å². The van der Waals surface area contributed by atoms with Crippen molar-refractivity contribution in [2.45, 2.75) is 30.7 Å². The van der Waals surface area contributed by atoms with Crippen LogP contribution in [0.15, 0.2) is 51.9 Å². The molecule has 0 amide bonds. The maximum atomic E-state index is 13.6. The Morgan fingerprint density at radius 2 is 1.50 bits per heavy atom. The molecule has 16 nitrogen and oxygen atoms in total. The SMILES string of the molecule is COc1cc(C(=O)OC[C@@H]2O[C@H](Oc3cc4occ(-c5cc(O)c(OC)c(OC)c5)c(=O)c4c(O)c3OC)[C@H](O)[C@@H](O)[C@@H]2O)ccc1O. The molecule has 0 saturated carbocycles. The minimum Gasteiger partial charge on any atom is -0.504 e. The first-order chi connectivity index (χ1) is 22.9. The third kappa shape index (κ3) is 6.16. The molecule has 0 bridgehead atoms. The van der Waals surface area contributed by atoms with E-state index in [1.54, 1.807) is 0 Å². The number of hydrogen-bond donors (Lipinski definition) is 6. The number of esters is 1. The Balaban J connectivity index is 1.42. The van der Waals surface area contributed by atoms with Gasteiger partial charge in [-0.25, -0.2) is 4.79 Å². The number of rotatable bonds is 10. The van der Waals surface area contributed by atoms with Crippen LogP contribution in [0.1, 0.15) is 10.4 Å². The highest BCUT2D eigenvalue weighted by atomic mass is 16.7. The van der Waals surface area contributed by atoms with Gasteiger partial charge in [0.1, 0.15) is 48.3 Å². The van der Waals surface area contributed by atoms with Crippen molar-refractivity contribution < 1.29 is 73.0 Å². The predicted octanol–water partition coefficient (Wildman–Crippen LogP) is 1.65. The third-order valence-corrected chi connectivity index (χ3v) is 7.64. The topological polar surface area (TPSA) is 233 Å². The van der Waals surface area contributed by atoms with E-state index >= 15 is 0 Å². The van der Waals surface area contributed by atoms with Crippen LogP contribution >= 0.6 is 0 Å². The van der Waals surface area contributed by atoms with E-state index in [1.807, 2.05) is 0 Å². The zero-order valence-electron chi connectivity index (χ0n) is 25.9. The summed E-state index contributed by atoms with van der Waals surface area (Å²) in [6.45, 7) is -0.601. The zero-order chi connectivity index (χ0) is 34.9. The first-order valence-corrected chi connectivity index (χ1v) is 14.1. The Labute approximate surface area is 271 Å². The number of benzene rings is 3. The van der Waals surface area contributed by atoms with Crippen LogP contribution in [0.5, 0.6) is 46.0 Å². The normalized spacial score (nSPS) is 20.6. The summed E-state index contributed by atoms with van der Waals surface area (Å²) in [4.78, 5) is 26.2. The van der Waals surface area contributed by atoms with E-state index in [9.17, 15) is 40.2 Å². The molecule has 0 spiro atoms. The summed E-state index contributed by atoms with van der Waals surface area (Å²) in [7, 11) is 5.14. The molecule has 1 saturated heterocycles. The third-order valence-electron chi connectivity index (χ3n) is 7.64. The van der Waals surface area contributed by atoms with Gasteiger partial charge in [0.05, 0.1) is 39.6 Å². The van der Waals surface area contributed by atoms with Gasteiger partial charge in [-0.05, 0) is 35.9 Å². The molecule has 16 heteroatoms. The van der Waals surface area contributed by atoms with Crippen LogP contribution in [0, 0.1) is 0 Å². The second-order valence-electron chi connectivity index (χ2n) is 10.5. The van der Waals surface area contributed by atoms with Gasteiger partial charge in [0.25, 0.3) is 0 Å². The second kappa shape index (κ2) is 13.7. The molecular weight excluding hydrogens is 640 g/mol. The highest BCUT2D eigenvalue weighted by molar-refractivity contribution is 5.92. The summed E-state index contributed by atoms with van der Waals surface area (Å²) >= 11 is 0. The maximum absolute atomic E-state index is 13.6. The quantitative estimate of drug-likeness (QED) is 0.131. The highest BCUT2D eigenvalue weighted by Gasteiger charge is 2.46. The Kier molecular flexibility index (Phi) is 9.72. The fourth-order valence-electron chi connectivity index (χ4n) is 5.13. The number of hydrogen-bond acceptors (Lipinski definition) is 16. The van der Waals surface area contributed by atoms with E-state index in [4.69, 9.17) is 37.6 Å². The lowest BCUT2D eigenvalue weighted by molar-refractivity contribution is -0.277. The first-order valence-electron chi connectivity index (χ1n) is 14.1. The maximum Gasteiger partial charge on any atom is 0.338 e. The Hall–Kier alpha value is -5.42. The van der Waals surface area contributed by atoms with Crippen LogP contribution in [-0.2, 0) is 9.47 Å². The minimum atomic E-state index is -1.84. The first kappa shape index (κ1) is 33.9. The lowest BCUT2D eigenvalue weighted by Gasteiger charge is -2.40. The van der Waals surface area contributed by atoms with Gasteiger partial charge in [0.2, 0.25) is 23.2 Å². The molecule has 1 aliphatic heterocycles. The number of phenols is 3. The lowest BCUT2D eigenvalue weighted by atomic mass is 9.99. The van der Waals surface area contributed by atoms with Crippen molar-refractivity contribution in [3.05, 3.63) is 58.4 Å². The molecule has 0 radical (unpaired) electrons. The largest absolute Gasteiger partial charge is 0.504 e. The number of aliphatic hydroxyl groups is 3. The average molecular weight is 673 g/mol. The van der Waals surface area contributed by atoms with Crippen molar-refractivity contribution in [1.82, 2.24) is 0 Å². The van der Waals surface area contributed by atoms with E-state index in [0.717, 1.165) is 6.26 Å². The number of phenolic OH excluding ortho intramolecular Hbond substituents is 3. The lowest BCUT2D eigenvalue weighted by Crippen LogP contribution is -2.60.